The van der Waals surface area contributed by atoms with E-state index in [1.807, 2.05) is 30.3 Å². The van der Waals surface area contributed by atoms with Crippen molar-refractivity contribution < 1.29 is 9.53 Å². The summed E-state index contributed by atoms with van der Waals surface area (Å²) < 4.78 is 6.63. The number of carbonyl (C=O) groups excluding carboxylic acids is 1. The topological polar surface area (TPSA) is 57.0 Å². The monoisotopic (exact) mass is 277 g/mol. The Bertz CT molecular complexity index is 542. The highest BCUT2D eigenvalue weighted by Crippen LogP contribution is 2.20. The van der Waals surface area contributed by atoms with Gasteiger partial charge in [-0.15, -0.1) is 5.10 Å². The smallest absolute Gasteiger partial charge is 0.319 e. The number of benzene rings is 1. The first-order chi connectivity index (χ1) is 9.20. The van der Waals surface area contributed by atoms with E-state index in [0.717, 1.165) is 5.69 Å². The molecule has 1 heterocycles. The molecule has 1 aromatic heterocycles. The van der Waals surface area contributed by atoms with Crippen LogP contribution in [0.2, 0.25) is 0 Å². The average Bonchev–Trinajstić information content (AvgIpc) is 2.88. The number of hydrogen-bond donors (Lipinski definition) is 0. The Morgan fingerprint density at radius 2 is 2.16 bits per heavy atom. The molecule has 1 aromatic carbocycles. The van der Waals surface area contributed by atoms with Crippen molar-refractivity contribution in [2.75, 3.05) is 6.61 Å². The van der Waals surface area contributed by atoms with Crippen LogP contribution in [0.15, 0.2) is 41.8 Å². The third-order valence-corrected chi connectivity index (χ3v) is 3.34. The van der Waals surface area contributed by atoms with Gasteiger partial charge in [0.1, 0.15) is 11.6 Å². The van der Waals surface area contributed by atoms with Crippen LogP contribution in [0.1, 0.15) is 13.8 Å². The van der Waals surface area contributed by atoms with Gasteiger partial charge in [0, 0.05) is 0 Å². The first-order valence-corrected chi connectivity index (χ1v) is 6.89. The molecule has 0 radical (unpaired) electrons. The Morgan fingerprint density at radius 1 is 1.42 bits per heavy atom. The number of ether oxygens (including phenoxy) is 1. The lowest BCUT2D eigenvalue weighted by Crippen LogP contribution is -2.16. The first kappa shape index (κ1) is 13.6. The molecule has 0 fully saturated rings. The largest absolute Gasteiger partial charge is 0.465 e. The molecule has 0 amide bonds. The van der Waals surface area contributed by atoms with Gasteiger partial charge in [-0.25, -0.2) is 9.67 Å². The van der Waals surface area contributed by atoms with Gasteiger partial charge < -0.3 is 4.74 Å². The van der Waals surface area contributed by atoms with Crippen molar-refractivity contribution in [1.82, 2.24) is 14.8 Å². The number of thioether (sulfide) groups is 1. The molecule has 100 valence electrons. The third kappa shape index (κ3) is 3.57. The summed E-state index contributed by atoms with van der Waals surface area (Å²) in [5.41, 5.74) is 0.936. The molecule has 1 atom stereocenters. The Balaban J connectivity index is 2.04. The van der Waals surface area contributed by atoms with Gasteiger partial charge >= 0.3 is 5.97 Å². The number of para-hydroxylation sites is 1. The minimum Gasteiger partial charge on any atom is -0.465 e. The van der Waals surface area contributed by atoms with Crippen LogP contribution >= 0.6 is 11.8 Å². The summed E-state index contributed by atoms with van der Waals surface area (Å²) in [6, 6.07) is 9.70. The van der Waals surface area contributed by atoms with E-state index < -0.39 is 0 Å². The summed E-state index contributed by atoms with van der Waals surface area (Å²) in [6.45, 7) is 3.96. The van der Waals surface area contributed by atoms with Crippen molar-refractivity contribution in [3.63, 3.8) is 0 Å². The van der Waals surface area contributed by atoms with E-state index in [-0.39, 0.29) is 11.2 Å². The van der Waals surface area contributed by atoms with E-state index in [0.29, 0.717) is 11.8 Å². The molecule has 0 bridgehead atoms. The zero-order chi connectivity index (χ0) is 13.7. The van der Waals surface area contributed by atoms with Crippen LogP contribution in [0.25, 0.3) is 5.69 Å². The zero-order valence-corrected chi connectivity index (χ0v) is 11.6. The van der Waals surface area contributed by atoms with Crippen molar-refractivity contribution >= 4 is 17.7 Å². The molecule has 0 saturated heterocycles. The third-order valence-electron chi connectivity index (χ3n) is 2.39. The quantitative estimate of drug-likeness (QED) is 0.620. The maximum atomic E-state index is 11.5. The van der Waals surface area contributed by atoms with Gasteiger partial charge in [0.15, 0.2) is 0 Å². The van der Waals surface area contributed by atoms with Gasteiger partial charge in [-0.05, 0) is 26.0 Å². The van der Waals surface area contributed by atoms with E-state index in [9.17, 15) is 4.79 Å². The van der Waals surface area contributed by atoms with Gasteiger partial charge in [0.05, 0.1) is 12.3 Å². The predicted octanol–water partition coefficient (Wildman–Crippen LogP) is 2.31. The van der Waals surface area contributed by atoms with Crippen LogP contribution in [-0.4, -0.2) is 32.6 Å². The lowest BCUT2D eigenvalue weighted by atomic mass is 10.3. The van der Waals surface area contributed by atoms with Crippen LogP contribution in [0.3, 0.4) is 0 Å². The Morgan fingerprint density at radius 3 is 2.84 bits per heavy atom. The highest BCUT2D eigenvalue weighted by Gasteiger charge is 2.17. The Labute approximate surface area is 116 Å². The fourth-order valence-corrected chi connectivity index (χ4v) is 2.20. The highest BCUT2D eigenvalue weighted by molar-refractivity contribution is 8.00. The molecule has 19 heavy (non-hydrogen) atoms. The second-order valence-corrected chi connectivity index (χ2v) is 5.13. The van der Waals surface area contributed by atoms with Gasteiger partial charge in [-0.1, -0.05) is 30.0 Å². The molecule has 0 N–H and O–H groups in total. The summed E-state index contributed by atoms with van der Waals surface area (Å²) in [5, 5.41) is 4.57. The average molecular weight is 277 g/mol. The molecular formula is C13H15N3O2S. The molecule has 0 unspecified atom stereocenters. The summed E-state index contributed by atoms with van der Waals surface area (Å²) in [4.78, 5) is 15.7. The van der Waals surface area contributed by atoms with Crippen molar-refractivity contribution in [3.05, 3.63) is 36.7 Å². The number of hydrogen-bond acceptors (Lipinski definition) is 5. The predicted molar refractivity (Wildman–Crippen MR) is 73.3 cm³/mol. The minimum atomic E-state index is -0.313. The van der Waals surface area contributed by atoms with Gasteiger partial charge in [-0.2, -0.15) is 0 Å². The fraction of sp³-hybridized carbons (Fsp3) is 0.308. The Kier molecular flexibility index (Phi) is 4.57. The number of rotatable bonds is 5. The molecule has 0 saturated carbocycles. The van der Waals surface area contributed by atoms with Gasteiger partial charge in [0.2, 0.25) is 5.16 Å². The number of esters is 1. The number of aromatic nitrogens is 3. The van der Waals surface area contributed by atoms with Crippen LogP contribution in [0.5, 0.6) is 0 Å². The lowest BCUT2D eigenvalue weighted by molar-refractivity contribution is -0.142. The van der Waals surface area contributed by atoms with E-state index in [1.165, 1.54) is 11.8 Å². The highest BCUT2D eigenvalue weighted by atomic mass is 32.2. The maximum absolute atomic E-state index is 11.5. The van der Waals surface area contributed by atoms with E-state index in [1.54, 1.807) is 24.9 Å². The van der Waals surface area contributed by atoms with Crippen LogP contribution in [0.4, 0.5) is 0 Å². The normalized spacial score (nSPS) is 12.1. The van der Waals surface area contributed by atoms with Gasteiger partial charge in [0.25, 0.3) is 0 Å². The maximum Gasteiger partial charge on any atom is 0.319 e. The summed E-state index contributed by atoms with van der Waals surface area (Å²) >= 11 is 1.29. The van der Waals surface area contributed by atoms with Crippen molar-refractivity contribution in [2.24, 2.45) is 0 Å². The summed E-state index contributed by atoms with van der Waals surface area (Å²) in [5.74, 6) is -0.247. The summed E-state index contributed by atoms with van der Waals surface area (Å²) in [6.07, 6.45) is 1.63. The SMILES string of the molecule is CCOC(=O)[C@@H](C)Sc1ncn(-c2ccccc2)n1. The van der Waals surface area contributed by atoms with Crippen LogP contribution in [0, 0.1) is 0 Å². The van der Waals surface area contributed by atoms with Crippen LogP contribution in [-0.2, 0) is 9.53 Å². The molecule has 5 nitrogen and oxygen atoms in total. The molecular weight excluding hydrogens is 262 g/mol. The molecule has 0 spiro atoms. The first-order valence-electron chi connectivity index (χ1n) is 6.01. The van der Waals surface area contributed by atoms with Crippen molar-refractivity contribution in [2.45, 2.75) is 24.3 Å². The molecule has 0 aliphatic heterocycles. The minimum absolute atomic E-state index is 0.247. The fourth-order valence-electron chi connectivity index (χ4n) is 1.47. The Hall–Kier alpha value is -1.82. The van der Waals surface area contributed by atoms with E-state index >= 15 is 0 Å². The lowest BCUT2D eigenvalue weighted by Gasteiger charge is -2.07. The summed E-state index contributed by atoms with van der Waals surface area (Å²) in [7, 11) is 0. The number of nitrogens with zero attached hydrogens (tertiary/aromatic N) is 3. The van der Waals surface area contributed by atoms with Gasteiger partial charge in [-0.3, -0.25) is 4.79 Å². The second-order valence-electron chi connectivity index (χ2n) is 3.82. The molecule has 2 rings (SSSR count). The van der Waals surface area contributed by atoms with Crippen molar-refractivity contribution in [1.29, 1.82) is 0 Å². The standard InChI is InChI=1S/C13H15N3O2S/c1-3-18-12(17)10(2)19-13-14-9-16(15-13)11-7-5-4-6-8-11/h4-10H,3H2,1-2H3/t10-/m1/s1. The van der Waals surface area contributed by atoms with E-state index in [4.69, 9.17) is 4.74 Å². The second kappa shape index (κ2) is 6.38. The molecule has 6 heteroatoms. The molecule has 2 aromatic rings. The van der Waals surface area contributed by atoms with Crippen LogP contribution < -0.4 is 0 Å². The van der Waals surface area contributed by atoms with Crippen molar-refractivity contribution in [3.8, 4) is 5.69 Å². The molecule has 0 aliphatic rings. The molecule has 0 aliphatic carbocycles. The zero-order valence-electron chi connectivity index (χ0n) is 10.8. The van der Waals surface area contributed by atoms with E-state index in [2.05, 4.69) is 10.1 Å². The number of carbonyl (C=O) groups is 1.